The Labute approximate surface area is 194 Å². The summed E-state index contributed by atoms with van der Waals surface area (Å²) in [6.45, 7) is 4.09. The van der Waals surface area contributed by atoms with Crippen LogP contribution in [0.2, 0.25) is 0 Å². The van der Waals surface area contributed by atoms with Crippen LogP contribution in [0.5, 0.6) is 0 Å². The zero-order valence-corrected chi connectivity index (χ0v) is 19.2. The van der Waals surface area contributed by atoms with Gasteiger partial charge in [0.15, 0.2) is 5.82 Å². The van der Waals surface area contributed by atoms with Crippen molar-refractivity contribution in [1.82, 2.24) is 14.8 Å². The van der Waals surface area contributed by atoms with Gasteiger partial charge in [-0.3, -0.25) is 9.10 Å². The Balaban J connectivity index is 1.56. The van der Waals surface area contributed by atoms with Crippen molar-refractivity contribution in [3.8, 4) is 5.82 Å². The van der Waals surface area contributed by atoms with Crippen LogP contribution >= 0.6 is 0 Å². The molecule has 3 heterocycles. The van der Waals surface area contributed by atoms with Gasteiger partial charge in [0.05, 0.1) is 34.5 Å². The molecule has 1 aliphatic heterocycles. The first-order valence-corrected chi connectivity index (χ1v) is 12.1. The fourth-order valence-corrected chi connectivity index (χ4v) is 5.35. The molecule has 4 rings (SSSR count). The predicted molar refractivity (Wildman–Crippen MR) is 121 cm³/mol. The monoisotopic (exact) mass is 493 g/mol. The number of sulfonamides is 1. The molecule has 34 heavy (non-hydrogen) atoms. The number of aromatic nitrogens is 3. The van der Waals surface area contributed by atoms with Crippen molar-refractivity contribution in [2.24, 2.45) is 0 Å². The molecule has 1 N–H and O–H groups in total. The van der Waals surface area contributed by atoms with Gasteiger partial charge in [0, 0.05) is 18.4 Å². The van der Waals surface area contributed by atoms with Gasteiger partial charge in [-0.25, -0.2) is 18.1 Å². The highest BCUT2D eigenvalue weighted by molar-refractivity contribution is 7.93. The maximum atomic E-state index is 13.0. The van der Waals surface area contributed by atoms with E-state index in [-0.39, 0.29) is 23.1 Å². The topological polar surface area (TPSA) is 97.2 Å². The normalized spacial score (nSPS) is 15.6. The van der Waals surface area contributed by atoms with Gasteiger partial charge in [0.2, 0.25) is 10.0 Å². The molecular formula is C22H22F3N5O3S. The van der Waals surface area contributed by atoms with E-state index in [1.807, 2.05) is 13.8 Å². The van der Waals surface area contributed by atoms with Gasteiger partial charge in [-0.2, -0.15) is 18.3 Å². The van der Waals surface area contributed by atoms with Gasteiger partial charge < -0.3 is 5.32 Å². The van der Waals surface area contributed by atoms with Gasteiger partial charge in [-0.15, -0.1) is 0 Å². The van der Waals surface area contributed by atoms with Crippen molar-refractivity contribution in [3.05, 3.63) is 65.6 Å². The molecule has 180 valence electrons. The maximum Gasteiger partial charge on any atom is 0.417 e. The Morgan fingerprint density at radius 3 is 2.32 bits per heavy atom. The summed E-state index contributed by atoms with van der Waals surface area (Å²) in [5.74, 6) is -0.369. The summed E-state index contributed by atoms with van der Waals surface area (Å²) in [4.78, 5) is 16.8. The molecule has 3 aromatic rings. The van der Waals surface area contributed by atoms with Crippen LogP contribution in [0.3, 0.4) is 0 Å². The molecule has 8 nitrogen and oxygen atoms in total. The summed E-state index contributed by atoms with van der Waals surface area (Å²) in [6.07, 6.45) is -1.87. The number of rotatable bonds is 5. The smallest absolute Gasteiger partial charge is 0.322 e. The molecule has 1 saturated heterocycles. The Kier molecular flexibility index (Phi) is 6.11. The van der Waals surface area contributed by atoms with Crippen LogP contribution in [0, 0.1) is 0 Å². The number of alkyl halides is 3. The first kappa shape index (κ1) is 23.7. The van der Waals surface area contributed by atoms with E-state index in [0.717, 1.165) is 12.3 Å². The number of anilines is 2. The summed E-state index contributed by atoms with van der Waals surface area (Å²) in [6, 6.07) is 8.58. The Morgan fingerprint density at radius 1 is 1.09 bits per heavy atom. The van der Waals surface area contributed by atoms with E-state index in [0.29, 0.717) is 30.0 Å². The number of nitrogens with one attached hydrogen (secondary N) is 1. The number of hydrogen-bond donors (Lipinski definition) is 1. The van der Waals surface area contributed by atoms with Crippen LogP contribution in [0.25, 0.3) is 5.82 Å². The second kappa shape index (κ2) is 8.75. The van der Waals surface area contributed by atoms with Crippen LogP contribution in [0.4, 0.5) is 24.5 Å². The van der Waals surface area contributed by atoms with Gasteiger partial charge in [-0.1, -0.05) is 13.8 Å². The van der Waals surface area contributed by atoms with Crippen LogP contribution in [0.1, 0.15) is 47.8 Å². The van der Waals surface area contributed by atoms with E-state index in [2.05, 4.69) is 15.4 Å². The maximum absolute atomic E-state index is 13.0. The third kappa shape index (κ3) is 4.63. The molecule has 2 aromatic heterocycles. The minimum atomic E-state index is -4.50. The second-order valence-electron chi connectivity index (χ2n) is 8.16. The number of hydrogen-bond acceptors (Lipinski definition) is 5. The lowest BCUT2D eigenvalue weighted by molar-refractivity contribution is -0.137. The summed E-state index contributed by atoms with van der Waals surface area (Å²) in [5.41, 5.74) is 0.852. The average molecular weight is 494 g/mol. The number of nitrogens with zero attached hydrogens (tertiary/aromatic N) is 4. The van der Waals surface area contributed by atoms with Crippen molar-refractivity contribution in [1.29, 1.82) is 0 Å². The van der Waals surface area contributed by atoms with E-state index in [1.54, 1.807) is 24.3 Å². The van der Waals surface area contributed by atoms with Crippen molar-refractivity contribution < 1.29 is 26.4 Å². The van der Waals surface area contributed by atoms with Gasteiger partial charge >= 0.3 is 6.18 Å². The zero-order chi connectivity index (χ0) is 24.7. The first-order chi connectivity index (χ1) is 16.0. The summed E-state index contributed by atoms with van der Waals surface area (Å²) in [5, 5.41) is 6.94. The highest BCUT2D eigenvalue weighted by Gasteiger charge is 2.31. The van der Waals surface area contributed by atoms with Crippen LogP contribution < -0.4 is 9.62 Å². The van der Waals surface area contributed by atoms with Gasteiger partial charge in [0.25, 0.3) is 5.91 Å². The standard InChI is InChI=1S/C22H22F3N5O3S/c1-14(2)20-18(13-27-30(20)19-9-4-15(12-26-19)22(23,24)25)21(31)28-16-5-7-17(8-6-16)29-10-3-11-34(29,32)33/h4-9,12-14H,3,10-11H2,1-2H3,(H,28,31). The largest absolute Gasteiger partial charge is 0.417 e. The number of benzene rings is 1. The van der Waals surface area contributed by atoms with Crippen LogP contribution in [0.15, 0.2) is 48.8 Å². The molecule has 0 saturated carbocycles. The molecule has 0 radical (unpaired) electrons. The summed E-state index contributed by atoms with van der Waals surface area (Å²) >= 11 is 0. The first-order valence-electron chi connectivity index (χ1n) is 10.5. The minimum Gasteiger partial charge on any atom is -0.322 e. The van der Waals surface area contributed by atoms with Crippen molar-refractivity contribution >= 4 is 27.3 Å². The number of carbonyl (C=O) groups is 1. The van der Waals surface area contributed by atoms with E-state index in [9.17, 15) is 26.4 Å². The van der Waals surface area contributed by atoms with Gasteiger partial charge in [-0.05, 0) is 48.7 Å². The second-order valence-corrected chi connectivity index (χ2v) is 10.2. The molecule has 0 aliphatic carbocycles. The number of amides is 1. The lowest BCUT2D eigenvalue weighted by Crippen LogP contribution is -2.25. The molecule has 1 amide bonds. The van der Waals surface area contributed by atoms with Crippen LogP contribution in [-0.2, 0) is 16.2 Å². The Morgan fingerprint density at radius 2 is 1.79 bits per heavy atom. The van der Waals surface area contributed by atoms with E-state index in [1.165, 1.54) is 21.3 Å². The lowest BCUT2D eigenvalue weighted by Gasteiger charge is -2.17. The Hall–Kier alpha value is -3.41. The predicted octanol–water partition coefficient (Wildman–Crippen LogP) is 4.20. The Bertz CT molecular complexity index is 1300. The van der Waals surface area contributed by atoms with Crippen molar-refractivity contribution in [3.63, 3.8) is 0 Å². The van der Waals surface area contributed by atoms with Crippen molar-refractivity contribution in [2.45, 2.75) is 32.4 Å². The van der Waals surface area contributed by atoms with E-state index < -0.39 is 27.7 Å². The highest BCUT2D eigenvalue weighted by atomic mass is 32.2. The molecule has 0 atom stereocenters. The number of carbonyl (C=O) groups excluding carboxylic acids is 1. The number of pyridine rings is 1. The van der Waals surface area contributed by atoms with E-state index in [4.69, 9.17) is 0 Å². The van der Waals surface area contributed by atoms with Crippen molar-refractivity contribution in [2.75, 3.05) is 21.9 Å². The van der Waals surface area contributed by atoms with E-state index >= 15 is 0 Å². The highest BCUT2D eigenvalue weighted by Crippen LogP contribution is 2.30. The third-order valence-electron chi connectivity index (χ3n) is 5.40. The summed E-state index contributed by atoms with van der Waals surface area (Å²) < 4.78 is 65.4. The van der Waals surface area contributed by atoms with Gasteiger partial charge in [0.1, 0.15) is 0 Å². The SMILES string of the molecule is CC(C)c1c(C(=O)Nc2ccc(N3CCCS3(=O)=O)cc2)cnn1-c1ccc(C(F)(F)F)cn1. The lowest BCUT2D eigenvalue weighted by atomic mass is 10.1. The van der Waals surface area contributed by atoms with Crippen LogP contribution in [-0.4, -0.2) is 41.4 Å². The fourth-order valence-electron chi connectivity index (χ4n) is 3.79. The molecule has 0 bridgehead atoms. The average Bonchev–Trinajstić information content (AvgIpc) is 3.37. The molecule has 0 unspecified atom stereocenters. The molecule has 1 fully saturated rings. The zero-order valence-electron chi connectivity index (χ0n) is 18.4. The molecule has 1 aliphatic rings. The molecular weight excluding hydrogens is 471 g/mol. The minimum absolute atomic E-state index is 0.112. The number of halogens is 3. The molecule has 1 aromatic carbocycles. The molecule has 0 spiro atoms. The molecule has 12 heteroatoms. The summed E-state index contributed by atoms with van der Waals surface area (Å²) in [7, 11) is -3.30. The quantitative estimate of drug-likeness (QED) is 0.575. The third-order valence-corrected chi connectivity index (χ3v) is 7.27. The fraction of sp³-hybridized carbons (Fsp3) is 0.318.